The summed E-state index contributed by atoms with van der Waals surface area (Å²) in [5, 5.41) is 3.78. The van der Waals surface area contributed by atoms with Gasteiger partial charge >= 0.3 is 218 Å². The Morgan fingerprint density at radius 2 is 0.943 bits per heavy atom. The van der Waals surface area contributed by atoms with Crippen LogP contribution in [0.25, 0.3) is 0 Å². The molecule has 0 aliphatic rings. The average molecular weight is 513 g/mol. The van der Waals surface area contributed by atoms with E-state index < -0.39 is 5.96 Å². The molecule has 0 fully saturated rings. The Morgan fingerprint density at radius 3 is 1.34 bits per heavy atom. The molecule has 0 amide bonds. The zero-order valence-corrected chi connectivity index (χ0v) is 23.1. The monoisotopic (exact) mass is 512 g/mol. The van der Waals surface area contributed by atoms with Gasteiger partial charge in [-0.2, -0.15) is 0 Å². The summed E-state index contributed by atoms with van der Waals surface area (Å²) in [4.78, 5) is 0. The molecule has 190 valence electrons. The van der Waals surface area contributed by atoms with Crippen molar-refractivity contribution < 1.29 is 9.47 Å². The van der Waals surface area contributed by atoms with E-state index in [4.69, 9.17) is 20.7 Å². The standard InChI is InChI=1S/C31H42ClO2P/c1-3-33-31(34-4-2)26-18-7-5-6-8-19-27-35(32,28-20-12-9-13-21-28,29-22-14-10-15-23-29)30-24-16-11-17-25-30/h9-17,20-25,31H,3-8,18-19,26-27H2,1-2H3. The summed E-state index contributed by atoms with van der Waals surface area (Å²) in [5.74, 6) is -3.11. The molecule has 0 unspecified atom stereocenters. The predicted octanol–water partition coefficient (Wildman–Crippen LogP) is 7.80. The van der Waals surface area contributed by atoms with Gasteiger partial charge in [-0.3, -0.25) is 0 Å². The second-order valence-corrected chi connectivity index (χ2v) is 15.8. The van der Waals surface area contributed by atoms with E-state index in [1.165, 1.54) is 41.6 Å². The van der Waals surface area contributed by atoms with Gasteiger partial charge in [-0.25, -0.2) is 0 Å². The molecule has 0 aromatic heterocycles. The Kier molecular flexibility index (Phi) is 11.3. The van der Waals surface area contributed by atoms with Crippen molar-refractivity contribution in [2.45, 2.75) is 65.1 Å². The predicted molar refractivity (Wildman–Crippen MR) is 155 cm³/mol. The van der Waals surface area contributed by atoms with Crippen LogP contribution >= 0.6 is 17.2 Å². The first-order chi connectivity index (χ1) is 17.1. The van der Waals surface area contributed by atoms with Crippen molar-refractivity contribution in [1.29, 1.82) is 0 Å². The minimum absolute atomic E-state index is 0.0463. The molecule has 0 bridgehead atoms. The summed E-state index contributed by atoms with van der Waals surface area (Å²) in [6.07, 6.45) is 9.06. The van der Waals surface area contributed by atoms with Gasteiger partial charge < -0.3 is 0 Å². The fourth-order valence-electron chi connectivity index (χ4n) is 5.06. The molecule has 0 saturated carbocycles. The van der Waals surface area contributed by atoms with Crippen molar-refractivity contribution in [3.8, 4) is 0 Å². The van der Waals surface area contributed by atoms with Crippen LogP contribution in [0.15, 0.2) is 91.0 Å². The Hall–Kier alpha value is -1.70. The summed E-state index contributed by atoms with van der Waals surface area (Å²) in [6, 6.07) is 32.4. The molecule has 35 heavy (non-hydrogen) atoms. The molecule has 3 rings (SSSR count). The van der Waals surface area contributed by atoms with Crippen LogP contribution in [0.4, 0.5) is 0 Å². The van der Waals surface area contributed by atoms with Gasteiger partial charge in [-0.1, -0.05) is 0 Å². The first-order valence-corrected chi connectivity index (χ1v) is 16.6. The van der Waals surface area contributed by atoms with Crippen molar-refractivity contribution in [2.24, 2.45) is 0 Å². The van der Waals surface area contributed by atoms with Gasteiger partial charge in [0.25, 0.3) is 0 Å². The molecule has 0 aliphatic heterocycles. The molecule has 3 aromatic carbocycles. The molecule has 0 heterocycles. The maximum absolute atomic E-state index is 8.13. The van der Waals surface area contributed by atoms with E-state index in [9.17, 15) is 0 Å². The molecule has 0 atom stereocenters. The van der Waals surface area contributed by atoms with Crippen LogP contribution in [0, 0.1) is 0 Å². The van der Waals surface area contributed by atoms with Gasteiger partial charge in [0.05, 0.1) is 0 Å². The molecular formula is C31H42ClO2P. The van der Waals surface area contributed by atoms with E-state index in [1.807, 2.05) is 13.8 Å². The van der Waals surface area contributed by atoms with E-state index in [1.54, 1.807) is 0 Å². The second kappa shape index (κ2) is 14.1. The molecule has 3 aromatic rings. The van der Waals surface area contributed by atoms with Crippen LogP contribution in [-0.2, 0) is 9.47 Å². The van der Waals surface area contributed by atoms with E-state index in [0.29, 0.717) is 13.2 Å². The summed E-state index contributed by atoms with van der Waals surface area (Å²) in [6.45, 7) is 5.47. The number of rotatable bonds is 16. The van der Waals surface area contributed by atoms with Crippen LogP contribution in [0.5, 0.6) is 0 Å². The fourth-order valence-corrected chi connectivity index (χ4v) is 11.3. The Balaban J connectivity index is 1.69. The number of ether oxygens (including phenoxy) is 2. The van der Waals surface area contributed by atoms with Gasteiger partial charge in [0.1, 0.15) is 0 Å². The van der Waals surface area contributed by atoms with Gasteiger partial charge in [0, 0.05) is 0 Å². The maximum atomic E-state index is 8.13. The molecule has 4 heteroatoms. The van der Waals surface area contributed by atoms with Crippen molar-refractivity contribution >= 4 is 33.1 Å². The number of hydrogen-bond acceptors (Lipinski definition) is 2. The van der Waals surface area contributed by atoms with Crippen LogP contribution in [0.1, 0.15) is 58.8 Å². The van der Waals surface area contributed by atoms with E-state index >= 15 is 0 Å². The van der Waals surface area contributed by atoms with Crippen molar-refractivity contribution in [3.05, 3.63) is 91.0 Å². The Bertz CT molecular complexity index is 860. The number of unbranched alkanes of at least 4 members (excludes halogenated alkanes) is 5. The van der Waals surface area contributed by atoms with Gasteiger partial charge in [-0.05, 0) is 0 Å². The minimum atomic E-state index is -3.11. The van der Waals surface area contributed by atoms with Crippen LogP contribution in [-0.4, -0.2) is 25.7 Å². The number of halogens is 1. The van der Waals surface area contributed by atoms with E-state index in [2.05, 4.69) is 91.0 Å². The van der Waals surface area contributed by atoms with Crippen LogP contribution < -0.4 is 15.9 Å². The van der Waals surface area contributed by atoms with Gasteiger partial charge in [0.15, 0.2) is 0 Å². The van der Waals surface area contributed by atoms with Crippen LogP contribution in [0.3, 0.4) is 0 Å². The van der Waals surface area contributed by atoms with Gasteiger partial charge in [-0.15, -0.1) is 0 Å². The van der Waals surface area contributed by atoms with E-state index in [0.717, 1.165) is 25.4 Å². The summed E-state index contributed by atoms with van der Waals surface area (Å²) < 4.78 is 11.3. The summed E-state index contributed by atoms with van der Waals surface area (Å²) in [7, 11) is 0. The molecule has 0 spiro atoms. The Morgan fingerprint density at radius 1 is 0.571 bits per heavy atom. The van der Waals surface area contributed by atoms with Crippen LogP contribution in [0.2, 0.25) is 0 Å². The fraction of sp³-hybridized carbons (Fsp3) is 0.419. The van der Waals surface area contributed by atoms with Crippen molar-refractivity contribution in [2.75, 3.05) is 19.4 Å². The zero-order chi connectivity index (χ0) is 24.8. The van der Waals surface area contributed by atoms with Crippen molar-refractivity contribution in [3.63, 3.8) is 0 Å². The van der Waals surface area contributed by atoms with Gasteiger partial charge in [0.2, 0.25) is 0 Å². The Labute approximate surface area is 217 Å². The zero-order valence-electron chi connectivity index (χ0n) is 21.5. The van der Waals surface area contributed by atoms with Crippen molar-refractivity contribution in [1.82, 2.24) is 0 Å². The number of hydrogen-bond donors (Lipinski definition) is 0. The molecule has 0 radical (unpaired) electrons. The topological polar surface area (TPSA) is 18.5 Å². The third-order valence-electron chi connectivity index (χ3n) is 6.86. The normalized spacial score (nSPS) is 13.0. The second-order valence-electron chi connectivity index (χ2n) is 9.16. The first-order valence-electron chi connectivity index (χ1n) is 13.3. The molecule has 2 nitrogen and oxygen atoms in total. The SMILES string of the molecule is CCOC(CCCCCCCCP(Cl)(c1ccccc1)(c1ccccc1)c1ccccc1)OCC. The average Bonchev–Trinajstić information content (AvgIpc) is 2.92. The molecule has 0 N–H and O–H groups in total. The molecular weight excluding hydrogens is 471 g/mol. The molecule has 0 saturated heterocycles. The first kappa shape index (κ1) is 27.9. The van der Waals surface area contributed by atoms with E-state index in [-0.39, 0.29) is 6.29 Å². The third-order valence-corrected chi connectivity index (χ3v) is 14.4. The summed E-state index contributed by atoms with van der Waals surface area (Å²) >= 11 is 8.13. The third kappa shape index (κ3) is 6.95. The quantitative estimate of drug-likeness (QED) is 0.111. The number of benzene rings is 3. The molecule has 0 aliphatic carbocycles. The summed E-state index contributed by atoms with van der Waals surface area (Å²) in [5.41, 5.74) is 0.